The second kappa shape index (κ2) is 28.3. The van der Waals surface area contributed by atoms with Crippen LogP contribution in [0.5, 0.6) is 0 Å². The highest BCUT2D eigenvalue weighted by Crippen LogP contribution is 2.32. The fraction of sp³-hybridized carbons (Fsp3) is 0.791. The zero-order valence-corrected chi connectivity index (χ0v) is 32.2. The zero-order chi connectivity index (χ0) is 35.4. The number of hydrogen-bond donors (Lipinski definition) is 2. The van der Waals surface area contributed by atoms with Gasteiger partial charge in [-0.2, -0.15) is 0 Å². The topological polar surface area (TPSA) is 78.5 Å². The van der Waals surface area contributed by atoms with E-state index in [2.05, 4.69) is 48.5 Å². The van der Waals surface area contributed by atoms with Crippen LogP contribution in [0.4, 0.5) is 4.79 Å². The average Bonchev–Trinajstić information content (AvgIpc) is 3.08. The first-order chi connectivity index (χ1) is 24.0. The number of imide groups is 2. The van der Waals surface area contributed by atoms with Gasteiger partial charge in [-0.05, 0) is 49.8 Å². The minimum absolute atomic E-state index is 0.0624. The number of carbonyl (C=O) groups excluding carboxylic acids is 3. The molecule has 1 saturated heterocycles. The molecule has 0 unspecified atom stereocenters. The van der Waals surface area contributed by atoms with Gasteiger partial charge in [-0.25, -0.2) is 4.79 Å². The number of nitrogens with zero attached hydrogens (tertiary/aromatic N) is 1. The van der Waals surface area contributed by atoms with Crippen molar-refractivity contribution >= 4 is 17.8 Å². The summed E-state index contributed by atoms with van der Waals surface area (Å²) in [6.45, 7) is 7.80. The van der Waals surface area contributed by atoms with Gasteiger partial charge in [-0.15, -0.1) is 0 Å². The zero-order valence-electron chi connectivity index (χ0n) is 32.2. The summed E-state index contributed by atoms with van der Waals surface area (Å²) in [5.41, 5.74) is 3.17. The van der Waals surface area contributed by atoms with Crippen molar-refractivity contribution in [3.8, 4) is 0 Å². The van der Waals surface area contributed by atoms with E-state index in [-0.39, 0.29) is 5.57 Å². The maximum absolute atomic E-state index is 12.9. The van der Waals surface area contributed by atoms with Crippen molar-refractivity contribution in [2.24, 2.45) is 0 Å². The predicted molar refractivity (Wildman–Crippen MR) is 207 cm³/mol. The van der Waals surface area contributed by atoms with Crippen molar-refractivity contribution in [2.45, 2.75) is 213 Å². The van der Waals surface area contributed by atoms with Crippen molar-refractivity contribution in [1.82, 2.24) is 15.5 Å². The van der Waals surface area contributed by atoms with E-state index in [1.807, 2.05) is 0 Å². The molecule has 0 spiro atoms. The van der Waals surface area contributed by atoms with E-state index in [9.17, 15) is 14.4 Å². The van der Waals surface area contributed by atoms with E-state index < -0.39 is 17.8 Å². The van der Waals surface area contributed by atoms with Crippen LogP contribution in [0, 0.1) is 0 Å². The Hall–Kier alpha value is -2.37. The Kier molecular flexibility index (Phi) is 24.8. The van der Waals surface area contributed by atoms with E-state index in [0.717, 1.165) is 38.6 Å². The molecule has 6 heteroatoms. The molecule has 2 aliphatic rings. The summed E-state index contributed by atoms with van der Waals surface area (Å²) in [5.74, 6) is -1.19. The Morgan fingerprint density at radius 1 is 0.429 bits per heavy atom. The number of barbiturate groups is 1. The lowest BCUT2D eigenvalue weighted by molar-refractivity contribution is -0.124. The highest BCUT2D eigenvalue weighted by molar-refractivity contribution is 6.29. The van der Waals surface area contributed by atoms with Crippen LogP contribution in [-0.2, 0) is 9.59 Å². The van der Waals surface area contributed by atoms with Gasteiger partial charge in [0.2, 0.25) is 0 Å². The number of urea groups is 1. The molecule has 0 aromatic rings. The predicted octanol–water partition coefficient (Wildman–Crippen LogP) is 12.5. The van der Waals surface area contributed by atoms with Crippen LogP contribution in [0.15, 0.2) is 34.7 Å². The second-order valence-corrected chi connectivity index (χ2v) is 14.8. The van der Waals surface area contributed by atoms with Crippen LogP contribution in [0.2, 0.25) is 0 Å². The largest absolute Gasteiger partial charge is 0.349 e. The third-order valence-corrected chi connectivity index (χ3v) is 10.3. The lowest BCUT2D eigenvalue weighted by Gasteiger charge is -2.34. The molecular weight excluding hydrogens is 606 g/mol. The van der Waals surface area contributed by atoms with Gasteiger partial charge in [0, 0.05) is 17.9 Å². The molecule has 2 heterocycles. The summed E-state index contributed by atoms with van der Waals surface area (Å²) in [6, 6.07) is -0.740. The van der Waals surface area contributed by atoms with Crippen LogP contribution in [0.25, 0.3) is 0 Å². The Morgan fingerprint density at radius 3 is 1.08 bits per heavy atom. The first kappa shape index (κ1) is 42.8. The van der Waals surface area contributed by atoms with Gasteiger partial charge in [-0.1, -0.05) is 181 Å². The number of rotatable bonds is 31. The van der Waals surface area contributed by atoms with Gasteiger partial charge >= 0.3 is 6.03 Å². The van der Waals surface area contributed by atoms with Crippen LogP contribution < -0.4 is 10.6 Å². The van der Waals surface area contributed by atoms with Gasteiger partial charge in [0.25, 0.3) is 11.8 Å². The fourth-order valence-corrected chi connectivity index (χ4v) is 7.31. The Morgan fingerprint density at radius 2 is 0.735 bits per heavy atom. The van der Waals surface area contributed by atoms with Crippen molar-refractivity contribution in [3.63, 3.8) is 0 Å². The second-order valence-electron chi connectivity index (χ2n) is 14.8. The maximum Gasteiger partial charge on any atom is 0.328 e. The molecule has 2 rings (SSSR count). The number of hydrogen-bond acceptors (Lipinski definition) is 4. The summed E-state index contributed by atoms with van der Waals surface area (Å²) in [5, 5.41) is 4.60. The molecule has 0 atom stereocenters. The van der Waals surface area contributed by atoms with Crippen LogP contribution >= 0.6 is 0 Å². The lowest BCUT2D eigenvalue weighted by atomic mass is 9.94. The molecule has 49 heavy (non-hydrogen) atoms. The number of allylic oxidation sites excluding steroid dienone is 5. The smallest absolute Gasteiger partial charge is 0.328 e. The van der Waals surface area contributed by atoms with E-state index in [1.54, 1.807) is 0 Å². The third-order valence-electron chi connectivity index (χ3n) is 10.3. The normalized spacial score (nSPS) is 15.1. The van der Waals surface area contributed by atoms with Gasteiger partial charge in [0.15, 0.2) is 0 Å². The number of amides is 4. The fourth-order valence-electron chi connectivity index (χ4n) is 7.31. The molecule has 4 amide bonds. The molecule has 1 fully saturated rings. The first-order valence-electron chi connectivity index (χ1n) is 21.1. The van der Waals surface area contributed by atoms with E-state index in [4.69, 9.17) is 0 Å². The summed E-state index contributed by atoms with van der Waals surface area (Å²) in [6.07, 6.45) is 42.3. The highest BCUT2D eigenvalue weighted by Gasteiger charge is 2.32. The number of carbonyl (C=O) groups is 3. The van der Waals surface area contributed by atoms with Crippen molar-refractivity contribution < 1.29 is 14.4 Å². The minimum Gasteiger partial charge on any atom is -0.349 e. The molecule has 0 aromatic heterocycles. The monoisotopic (exact) mass is 682 g/mol. The average molecular weight is 682 g/mol. The molecule has 0 aliphatic carbocycles. The quantitative estimate of drug-likeness (QED) is 0.0434. The van der Waals surface area contributed by atoms with Gasteiger partial charge in [0.05, 0.1) is 0 Å². The van der Waals surface area contributed by atoms with Crippen molar-refractivity contribution in [2.75, 3.05) is 6.54 Å². The summed E-state index contributed by atoms with van der Waals surface area (Å²) in [4.78, 5) is 40.2. The SMILES string of the molecule is CCCCCCCCCCCCN1C(CCCCCCCCCCC)=CC(=C2C(=O)NC(=O)NC2=O)C=C1CCCCCCCCCCC. The minimum atomic E-state index is -0.740. The van der Waals surface area contributed by atoms with Crippen LogP contribution in [-0.4, -0.2) is 29.3 Å². The van der Waals surface area contributed by atoms with Crippen LogP contribution in [0.1, 0.15) is 213 Å². The Labute approximate surface area is 301 Å². The standard InChI is InChI=1S/C43H75N3O3/c1-4-7-10-13-16-19-22-25-28-31-34-46-38(32-29-26-23-20-17-14-11-8-5-2)35-37(40-41(47)44-43(49)45-42(40)48)36-39(46)33-30-27-24-21-18-15-12-9-6-3/h35-36H,4-34H2,1-3H3,(H2,44,45,47,48,49). The molecular formula is C43H75N3O3. The lowest BCUT2D eigenvalue weighted by Crippen LogP contribution is -2.52. The van der Waals surface area contributed by atoms with Crippen LogP contribution in [0.3, 0.4) is 0 Å². The molecule has 2 N–H and O–H groups in total. The van der Waals surface area contributed by atoms with E-state index in [1.165, 1.54) is 172 Å². The number of unbranched alkanes of at least 4 members (excludes halogenated alkanes) is 25. The van der Waals surface area contributed by atoms with Crippen molar-refractivity contribution in [1.29, 1.82) is 0 Å². The molecule has 2 aliphatic heterocycles. The van der Waals surface area contributed by atoms with Gasteiger partial charge < -0.3 is 4.90 Å². The summed E-state index contributed by atoms with van der Waals surface area (Å²) in [7, 11) is 0. The highest BCUT2D eigenvalue weighted by atomic mass is 16.2. The third kappa shape index (κ3) is 19.0. The molecule has 0 aromatic carbocycles. The Balaban J connectivity index is 2.08. The number of nitrogens with one attached hydrogen (secondary N) is 2. The van der Waals surface area contributed by atoms with E-state index in [0.29, 0.717) is 5.57 Å². The molecule has 0 saturated carbocycles. The molecule has 0 radical (unpaired) electrons. The molecule has 280 valence electrons. The Bertz CT molecular complexity index is 963. The molecule has 6 nitrogen and oxygen atoms in total. The van der Waals surface area contributed by atoms with Gasteiger partial charge in [0.1, 0.15) is 5.57 Å². The van der Waals surface area contributed by atoms with E-state index >= 15 is 0 Å². The van der Waals surface area contributed by atoms with Crippen molar-refractivity contribution in [3.05, 3.63) is 34.7 Å². The maximum atomic E-state index is 12.9. The summed E-state index contributed by atoms with van der Waals surface area (Å²) < 4.78 is 0. The van der Waals surface area contributed by atoms with Gasteiger partial charge in [-0.3, -0.25) is 20.2 Å². The first-order valence-corrected chi connectivity index (χ1v) is 21.1. The molecule has 0 bridgehead atoms. The summed E-state index contributed by atoms with van der Waals surface area (Å²) >= 11 is 0.